The van der Waals surface area contributed by atoms with Crippen LogP contribution < -0.4 is 15.8 Å². The fraction of sp³-hybridized carbons (Fsp3) is 0.588. The van der Waals surface area contributed by atoms with Crippen LogP contribution in [-0.2, 0) is 9.47 Å². The quantitative estimate of drug-likeness (QED) is 0.473. The van der Waals surface area contributed by atoms with Crippen LogP contribution in [0.2, 0.25) is 0 Å². The molecule has 0 amide bonds. The number of rotatable bonds is 6. The van der Waals surface area contributed by atoms with Gasteiger partial charge in [0.2, 0.25) is 0 Å². The zero-order valence-electron chi connectivity index (χ0n) is 13.4. The number of nitrogens with zero attached hydrogens (tertiary/aromatic N) is 1. The highest BCUT2D eigenvalue weighted by molar-refractivity contribution is 5.78. The molecule has 3 N–H and O–H groups in total. The molecule has 6 heteroatoms. The average molecular weight is 319 g/mol. The number of fused-ring (bicyclic) bond motifs is 1. The van der Waals surface area contributed by atoms with Crippen LogP contribution >= 0.6 is 0 Å². The third-order valence-electron chi connectivity index (χ3n) is 4.11. The van der Waals surface area contributed by atoms with Crippen molar-refractivity contribution in [1.29, 1.82) is 0 Å². The average Bonchev–Trinajstić information content (AvgIpc) is 3.08. The van der Waals surface area contributed by atoms with Crippen molar-refractivity contribution in [2.24, 2.45) is 10.7 Å². The second-order valence-electron chi connectivity index (χ2n) is 5.85. The van der Waals surface area contributed by atoms with E-state index in [0.717, 1.165) is 43.8 Å². The summed E-state index contributed by atoms with van der Waals surface area (Å²) >= 11 is 0. The van der Waals surface area contributed by atoms with Crippen LogP contribution in [0.4, 0.5) is 0 Å². The molecule has 2 heterocycles. The first-order chi connectivity index (χ1) is 11.3. The topological polar surface area (TPSA) is 78.1 Å². The summed E-state index contributed by atoms with van der Waals surface area (Å²) in [7, 11) is 0. The minimum atomic E-state index is 0.163. The van der Waals surface area contributed by atoms with Gasteiger partial charge in [-0.25, -0.2) is 0 Å². The summed E-state index contributed by atoms with van der Waals surface area (Å²) in [5.41, 5.74) is 7.14. The fourth-order valence-corrected chi connectivity index (χ4v) is 2.87. The number of nitrogens with one attached hydrogen (secondary N) is 1. The highest BCUT2D eigenvalue weighted by Gasteiger charge is 2.21. The Balaban J connectivity index is 1.41. The summed E-state index contributed by atoms with van der Waals surface area (Å²) in [4.78, 5) is 4.39. The Morgan fingerprint density at radius 2 is 2.22 bits per heavy atom. The van der Waals surface area contributed by atoms with Gasteiger partial charge in [0.05, 0.1) is 25.4 Å². The smallest absolute Gasteiger partial charge is 0.189 e. The number of nitrogens with two attached hydrogens (primary N) is 1. The van der Waals surface area contributed by atoms with E-state index in [4.69, 9.17) is 19.9 Å². The molecule has 2 unspecified atom stereocenters. The summed E-state index contributed by atoms with van der Waals surface area (Å²) in [5.74, 6) is 1.41. The molecule has 1 aromatic carbocycles. The van der Waals surface area contributed by atoms with Gasteiger partial charge < -0.3 is 25.3 Å². The number of ether oxygens (including phenoxy) is 3. The van der Waals surface area contributed by atoms with Crippen molar-refractivity contribution in [2.75, 3.05) is 33.0 Å². The van der Waals surface area contributed by atoms with Gasteiger partial charge >= 0.3 is 0 Å². The molecule has 0 aromatic heterocycles. The largest absolute Gasteiger partial charge is 0.493 e. The predicted molar refractivity (Wildman–Crippen MR) is 88.7 cm³/mol. The van der Waals surface area contributed by atoms with Crippen LogP contribution in [0, 0.1) is 0 Å². The standard InChI is InChI=1S/C17H25N3O3/c18-17(19-8-3-9-22-13-6-10-21-12-13)20-15-7-11-23-16-5-2-1-4-14(15)16/h1-2,4-5,13,15H,3,6-12H2,(H3,18,19,20). The lowest BCUT2D eigenvalue weighted by Crippen LogP contribution is -2.37. The minimum absolute atomic E-state index is 0.163. The Hall–Kier alpha value is -1.79. The zero-order valence-corrected chi connectivity index (χ0v) is 13.4. The molecule has 23 heavy (non-hydrogen) atoms. The maximum absolute atomic E-state index is 6.00. The number of benzene rings is 1. The predicted octanol–water partition coefficient (Wildman–Crippen LogP) is 1.61. The van der Waals surface area contributed by atoms with Crippen LogP contribution in [-0.4, -0.2) is 45.0 Å². The lowest BCUT2D eigenvalue weighted by Gasteiger charge is -2.26. The maximum Gasteiger partial charge on any atom is 0.189 e. The number of hydrogen-bond donors (Lipinski definition) is 2. The molecule has 1 fully saturated rings. The summed E-state index contributed by atoms with van der Waals surface area (Å²) in [6, 6.07) is 8.21. The van der Waals surface area contributed by atoms with E-state index in [1.807, 2.05) is 18.2 Å². The molecule has 2 atom stereocenters. The Morgan fingerprint density at radius 1 is 1.30 bits per heavy atom. The van der Waals surface area contributed by atoms with Gasteiger partial charge in [-0.05, 0) is 18.9 Å². The molecule has 2 aliphatic heterocycles. The Bertz CT molecular complexity index is 530. The highest BCUT2D eigenvalue weighted by Crippen LogP contribution is 2.31. The first-order valence-electron chi connectivity index (χ1n) is 8.30. The van der Waals surface area contributed by atoms with Crippen LogP contribution in [0.15, 0.2) is 29.3 Å². The van der Waals surface area contributed by atoms with Crippen molar-refractivity contribution < 1.29 is 14.2 Å². The third-order valence-corrected chi connectivity index (χ3v) is 4.11. The van der Waals surface area contributed by atoms with Gasteiger partial charge in [-0.1, -0.05) is 18.2 Å². The molecule has 0 aliphatic carbocycles. The van der Waals surface area contributed by atoms with Gasteiger partial charge in [-0.3, -0.25) is 4.99 Å². The van der Waals surface area contributed by atoms with E-state index in [2.05, 4.69) is 16.4 Å². The second-order valence-corrected chi connectivity index (χ2v) is 5.85. The molecule has 126 valence electrons. The Kier molecular flexibility index (Phi) is 5.71. The minimum Gasteiger partial charge on any atom is -0.493 e. The molecule has 1 saturated heterocycles. The number of para-hydroxylation sites is 1. The Labute approximate surface area is 137 Å². The number of guanidine groups is 1. The fourth-order valence-electron chi connectivity index (χ4n) is 2.87. The van der Waals surface area contributed by atoms with E-state index in [-0.39, 0.29) is 12.1 Å². The van der Waals surface area contributed by atoms with Crippen molar-refractivity contribution in [2.45, 2.75) is 31.4 Å². The number of hydrogen-bond acceptors (Lipinski definition) is 4. The summed E-state index contributed by atoms with van der Waals surface area (Å²) in [6.07, 6.45) is 3.00. The zero-order chi connectivity index (χ0) is 15.9. The SMILES string of the molecule is NC(=NCCCOC1CCOC1)NC1CCOc2ccccc21. The molecule has 0 saturated carbocycles. The normalized spacial score (nSPS) is 24.1. The molecular weight excluding hydrogens is 294 g/mol. The first kappa shape index (κ1) is 16.1. The van der Waals surface area contributed by atoms with Gasteiger partial charge in [0.25, 0.3) is 0 Å². The molecule has 0 spiro atoms. The summed E-state index contributed by atoms with van der Waals surface area (Å²) < 4.78 is 16.6. The summed E-state index contributed by atoms with van der Waals surface area (Å²) in [6.45, 7) is 3.59. The summed E-state index contributed by atoms with van der Waals surface area (Å²) in [5, 5.41) is 3.29. The molecule has 2 aliphatic rings. The van der Waals surface area contributed by atoms with Gasteiger partial charge in [0.1, 0.15) is 5.75 Å². The second kappa shape index (κ2) is 8.17. The van der Waals surface area contributed by atoms with Crippen molar-refractivity contribution in [1.82, 2.24) is 5.32 Å². The van der Waals surface area contributed by atoms with Crippen molar-refractivity contribution in [3.63, 3.8) is 0 Å². The molecule has 0 radical (unpaired) electrons. The van der Waals surface area contributed by atoms with Crippen molar-refractivity contribution in [3.05, 3.63) is 29.8 Å². The molecule has 3 rings (SSSR count). The van der Waals surface area contributed by atoms with Gasteiger partial charge in [-0.15, -0.1) is 0 Å². The van der Waals surface area contributed by atoms with E-state index >= 15 is 0 Å². The van der Waals surface area contributed by atoms with E-state index in [1.165, 1.54) is 0 Å². The van der Waals surface area contributed by atoms with E-state index in [0.29, 0.717) is 25.7 Å². The molecule has 1 aromatic rings. The van der Waals surface area contributed by atoms with Crippen molar-refractivity contribution >= 4 is 5.96 Å². The molecule has 6 nitrogen and oxygen atoms in total. The molecular formula is C17H25N3O3. The first-order valence-corrected chi connectivity index (χ1v) is 8.30. The van der Waals surface area contributed by atoms with Crippen LogP contribution in [0.3, 0.4) is 0 Å². The van der Waals surface area contributed by atoms with Crippen LogP contribution in [0.25, 0.3) is 0 Å². The van der Waals surface area contributed by atoms with Crippen LogP contribution in [0.1, 0.15) is 30.9 Å². The van der Waals surface area contributed by atoms with Gasteiger partial charge in [0.15, 0.2) is 5.96 Å². The molecule has 0 bridgehead atoms. The van der Waals surface area contributed by atoms with Gasteiger partial charge in [-0.2, -0.15) is 0 Å². The van der Waals surface area contributed by atoms with Crippen LogP contribution in [0.5, 0.6) is 5.75 Å². The van der Waals surface area contributed by atoms with E-state index in [1.54, 1.807) is 0 Å². The van der Waals surface area contributed by atoms with E-state index in [9.17, 15) is 0 Å². The Morgan fingerprint density at radius 3 is 3.09 bits per heavy atom. The lowest BCUT2D eigenvalue weighted by atomic mass is 10.0. The number of aliphatic imine (C=N–C) groups is 1. The van der Waals surface area contributed by atoms with Crippen molar-refractivity contribution in [3.8, 4) is 5.75 Å². The van der Waals surface area contributed by atoms with Gasteiger partial charge in [0, 0.05) is 31.7 Å². The lowest BCUT2D eigenvalue weighted by molar-refractivity contribution is 0.0424. The van der Waals surface area contributed by atoms with E-state index < -0.39 is 0 Å². The monoisotopic (exact) mass is 319 g/mol. The highest BCUT2D eigenvalue weighted by atomic mass is 16.5. The maximum atomic E-state index is 6.00. The third kappa shape index (κ3) is 4.59.